The number of urea groups is 1. The van der Waals surface area contributed by atoms with E-state index < -0.39 is 37.0 Å². The lowest BCUT2D eigenvalue weighted by Gasteiger charge is -2.08. The largest absolute Gasteiger partial charge is 0.454 e. The Hall–Kier alpha value is -2.32. The van der Waals surface area contributed by atoms with Crippen molar-refractivity contribution in [2.45, 2.75) is 13.3 Å². The molecule has 0 aromatic heterocycles. The van der Waals surface area contributed by atoms with Crippen LogP contribution in [0.1, 0.15) is 23.7 Å². The number of nitrogens with one attached hydrogen (secondary N) is 3. The molecule has 0 aliphatic rings. The third-order valence-corrected chi connectivity index (χ3v) is 3.27. The summed E-state index contributed by atoms with van der Waals surface area (Å²) in [6.45, 7) is 1.16. The lowest BCUT2D eigenvalue weighted by molar-refractivity contribution is -0.147. The predicted octanol–water partition coefficient (Wildman–Crippen LogP) is 1.50. The van der Waals surface area contributed by atoms with Crippen LogP contribution in [0, 0.1) is 0 Å². The Morgan fingerprint density at radius 3 is 2.48 bits per heavy atom. The number of carbonyl (C=O) groups is 4. The van der Waals surface area contributed by atoms with Gasteiger partial charge in [0.2, 0.25) is 0 Å². The maximum absolute atomic E-state index is 11.9. The number of ether oxygens (including phenoxy) is 1. The molecule has 4 amide bonds. The van der Waals surface area contributed by atoms with Crippen LogP contribution in [0.4, 0.5) is 4.79 Å². The van der Waals surface area contributed by atoms with E-state index in [0.29, 0.717) is 18.0 Å². The first-order valence-corrected chi connectivity index (χ1v) is 8.05. The van der Waals surface area contributed by atoms with Gasteiger partial charge in [0.05, 0.1) is 10.6 Å². The van der Waals surface area contributed by atoms with Crippen molar-refractivity contribution in [3.05, 3.63) is 33.8 Å². The molecule has 1 aromatic carbocycles. The molecule has 1 rings (SSSR count). The van der Waals surface area contributed by atoms with E-state index in [-0.39, 0.29) is 10.6 Å². The number of halogens is 2. The molecule has 1 aromatic rings. The Labute approximate surface area is 154 Å². The number of hydrogen-bond donors (Lipinski definition) is 3. The maximum Gasteiger partial charge on any atom is 0.325 e. The van der Waals surface area contributed by atoms with Gasteiger partial charge in [0, 0.05) is 11.6 Å². The van der Waals surface area contributed by atoms with Gasteiger partial charge in [-0.05, 0) is 24.6 Å². The minimum atomic E-state index is -0.845. The van der Waals surface area contributed by atoms with E-state index in [9.17, 15) is 19.2 Å². The molecule has 0 aliphatic heterocycles. The number of hydrogen-bond acceptors (Lipinski definition) is 5. The summed E-state index contributed by atoms with van der Waals surface area (Å²) >= 11 is 11.6. The number of carbonyl (C=O) groups excluding carboxylic acids is 4. The molecule has 0 aliphatic carbocycles. The maximum atomic E-state index is 11.9. The van der Waals surface area contributed by atoms with Crippen LogP contribution in [0.3, 0.4) is 0 Å². The van der Waals surface area contributed by atoms with Crippen molar-refractivity contribution in [2.75, 3.05) is 19.7 Å². The Kier molecular flexibility index (Phi) is 8.73. The van der Waals surface area contributed by atoms with Crippen LogP contribution < -0.4 is 16.0 Å². The second-order valence-electron chi connectivity index (χ2n) is 4.77. The summed E-state index contributed by atoms with van der Waals surface area (Å²) in [5.41, 5.74) is 0.143. The van der Waals surface area contributed by atoms with Crippen molar-refractivity contribution >= 4 is 47.0 Å². The summed E-state index contributed by atoms with van der Waals surface area (Å²) in [7, 11) is 0. The first-order chi connectivity index (χ1) is 11.8. The van der Waals surface area contributed by atoms with Gasteiger partial charge in [0.25, 0.3) is 11.8 Å². The molecular formula is C15H17Cl2N3O5. The zero-order chi connectivity index (χ0) is 18.8. The topological polar surface area (TPSA) is 114 Å². The average molecular weight is 390 g/mol. The lowest BCUT2D eigenvalue weighted by atomic mass is 10.2. The first kappa shape index (κ1) is 20.7. The van der Waals surface area contributed by atoms with Gasteiger partial charge in [0.1, 0.15) is 6.54 Å². The van der Waals surface area contributed by atoms with Crippen LogP contribution in [0.15, 0.2) is 18.2 Å². The normalized spacial score (nSPS) is 9.88. The van der Waals surface area contributed by atoms with Gasteiger partial charge in [0.15, 0.2) is 6.61 Å². The molecular weight excluding hydrogens is 373 g/mol. The van der Waals surface area contributed by atoms with Crippen LogP contribution in [-0.4, -0.2) is 43.5 Å². The monoisotopic (exact) mass is 389 g/mol. The SMILES string of the molecule is CCCNC(=O)NC(=O)COC(=O)CNC(=O)c1ccc(Cl)cc1Cl. The molecule has 0 spiro atoms. The number of benzene rings is 1. The Morgan fingerprint density at radius 2 is 1.84 bits per heavy atom. The van der Waals surface area contributed by atoms with Crippen molar-refractivity contribution in [3.63, 3.8) is 0 Å². The van der Waals surface area contributed by atoms with Crippen LogP contribution in [-0.2, 0) is 14.3 Å². The minimum Gasteiger partial charge on any atom is -0.454 e. The van der Waals surface area contributed by atoms with E-state index in [4.69, 9.17) is 23.2 Å². The van der Waals surface area contributed by atoms with Gasteiger partial charge in [-0.2, -0.15) is 0 Å². The van der Waals surface area contributed by atoms with Crippen LogP contribution in [0.2, 0.25) is 10.0 Å². The lowest BCUT2D eigenvalue weighted by Crippen LogP contribution is -2.42. The van der Waals surface area contributed by atoms with E-state index in [1.165, 1.54) is 18.2 Å². The van der Waals surface area contributed by atoms with Gasteiger partial charge in [-0.1, -0.05) is 30.1 Å². The summed E-state index contributed by atoms with van der Waals surface area (Å²) in [5, 5.41) is 7.22. The Bertz CT molecular complexity index is 667. The smallest absolute Gasteiger partial charge is 0.325 e. The highest BCUT2D eigenvalue weighted by atomic mass is 35.5. The molecule has 0 saturated heterocycles. The third-order valence-electron chi connectivity index (χ3n) is 2.72. The van der Waals surface area contributed by atoms with Crippen LogP contribution in [0.25, 0.3) is 0 Å². The van der Waals surface area contributed by atoms with E-state index in [2.05, 4.69) is 15.4 Å². The summed E-state index contributed by atoms with van der Waals surface area (Å²) in [6.07, 6.45) is 0.716. The molecule has 0 bridgehead atoms. The van der Waals surface area contributed by atoms with E-state index in [0.717, 1.165) is 0 Å². The van der Waals surface area contributed by atoms with Crippen LogP contribution >= 0.6 is 23.2 Å². The Morgan fingerprint density at radius 1 is 1.12 bits per heavy atom. The van der Waals surface area contributed by atoms with Crippen molar-refractivity contribution in [3.8, 4) is 0 Å². The van der Waals surface area contributed by atoms with Gasteiger partial charge < -0.3 is 15.4 Å². The summed E-state index contributed by atoms with van der Waals surface area (Å²) < 4.78 is 4.65. The number of rotatable bonds is 7. The summed E-state index contributed by atoms with van der Waals surface area (Å²) in [6, 6.07) is 3.61. The molecule has 10 heteroatoms. The zero-order valence-electron chi connectivity index (χ0n) is 13.4. The minimum absolute atomic E-state index is 0.135. The number of imide groups is 1. The van der Waals surface area contributed by atoms with Crippen molar-refractivity contribution < 1.29 is 23.9 Å². The van der Waals surface area contributed by atoms with E-state index >= 15 is 0 Å². The zero-order valence-corrected chi connectivity index (χ0v) is 14.9. The fraction of sp³-hybridized carbons (Fsp3) is 0.333. The molecule has 0 radical (unpaired) electrons. The summed E-state index contributed by atoms with van der Waals surface area (Å²) in [4.78, 5) is 46.0. The summed E-state index contributed by atoms with van der Waals surface area (Å²) in [5.74, 6) is -2.22. The predicted molar refractivity (Wildman–Crippen MR) is 91.6 cm³/mol. The highest BCUT2D eigenvalue weighted by Crippen LogP contribution is 2.20. The molecule has 0 atom stereocenters. The van der Waals surface area contributed by atoms with Gasteiger partial charge >= 0.3 is 12.0 Å². The Balaban J connectivity index is 2.33. The standard InChI is InChI=1S/C15H17Cl2N3O5/c1-2-5-18-15(24)20-12(21)8-25-13(22)7-19-14(23)10-4-3-9(16)6-11(10)17/h3-4,6H,2,5,7-8H2,1H3,(H,19,23)(H2,18,20,21,24). The molecule has 0 saturated carbocycles. The highest BCUT2D eigenvalue weighted by Gasteiger charge is 2.14. The average Bonchev–Trinajstić information content (AvgIpc) is 2.56. The molecule has 0 unspecified atom stereocenters. The molecule has 0 fully saturated rings. The van der Waals surface area contributed by atoms with Crippen LogP contribution in [0.5, 0.6) is 0 Å². The van der Waals surface area contributed by atoms with E-state index in [1.54, 1.807) is 0 Å². The fourth-order valence-corrected chi connectivity index (χ4v) is 2.06. The molecule has 0 heterocycles. The van der Waals surface area contributed by atoms with Crippen molar-refractivity contribution in [1.29, 1.82) is 0 Å². The number of amides is 4. The van der Waals surface area contributed by atoms with Gasteiger partial charge in [-0.25, -0.2) is 4.79 Å². The molecule has 25 heavy (non-hydrogen) atoms. The van der Waals surface area contributed by atoms with Crippen molar-refractivity contribution in [1.82, 2.24) is 16.0 Å². The molecule has 136 valence electrons. The molecule has 8 nitrogen and oxygen atoms in total. The quantitative estimate of drug-likeness (QED) is 0.611. The second-order valence-corrected chi connectivity index (χ2v) is 5.62. The first-order valence-electron chi connectivity index (χ1n) is 7.30. The van der Waals surface area contributed by atoms with Crippen molar-refractivity contribution in [2.24, 2.45) is 0 Å². The van der Waals surface area contributed by atoms with E-state index in [1.807, 2.05) is 12.2 Å². The van der Waals surface area contributed by atoms with Gasteiger partial charge in [-0.3, -0.25) is 19.7 Å². The highest BCUT2D eigenvalue weighted by molar-refractivity contribution is 6.36. The number of esters is 1. The third kappa shape index (κ3) is 7.86. The fourth-order valence-electron chi connectivity index (χ4n) is 1.56. The second kappa shape index (κ2) is 10.5. The molecule has 3 N–H and O–H groups in total. The van der Waals surface area contributed by atoms with Gasteiger partial charge in [-0.15, -0.1) is 0 Å².